The second-order valence-corrected chi connectivity index (χ2v) is 6.78. The summed E-state index contributed by atoms with van der Waals surface area (Å²) in [6.45, 7) is 5.44. The van der Waals surface area contributed by atoms with Crippen molar-refractivity contribution in [1.29, 1.82) is 0 Å². The van der Waals surface area contributed by atoms with Gasteiger partial charge in [-0.1, -0.05) is 56.3 Å². The zero-order valence-electron chi connectivity index (χ0n) is 16.1. The number of rotatable bonds is 8. The van der Waals surface area contributed by atoms with Gasteiger partial charge < -0.3 is 10.1 Å². The van der Waals surface area contributed by atoms with E-state index in [2.05, 4.69) is 5.32 Å². The molecular weight excluding hydrogens is 358 g/mol. The van der Waals surface area contributed by atoms with Gasteiger partial charge in [0.25, 0.3) is 5.91 Å². The molecule has 1 N–H and O–H groups in total. The average Bonchev–Trinajstić information content (AvgIpc) is 2.71. The van der Waals surface area contributed by atoms with E-state index in [1.165, 1.54) is 24.3 Å². The maximum Gasteiger partial charge on any atom is 0.338 e. The summed E-state index contributed by atoms with van der Waals surface area (Å²) in [6, 6.07) is 13.8. The van der Waals surface area contributed by atoms with Crippen molar-refractivity contribution >= 4 is 23.4 Å². The van der Waals surface area contributed by atoms with Crippen LogP contribution in [-0.2, 0) is 9.53 Å². The molecular formula is C22H23NO5. The molecule has 2 rings (SSSR count). The van der Waals surface area contributed by atoms with E-state index in [4.69, 9.17) is 4.74 Å². The third-order valence-corrected chi connectivity index (χ3v) is 4.35. The van der Waals surface area contributed by atoms with Gasteiger partial charge in [0.05, 0.1) is 5.56 Å². The van der Waals surface area contributed by atoms with Crippen LogP contribution in [0.1, 0.15) is 51.8 Å². The Labute approximate surface area is 163 Å². The van der Waals surface area contributed by atoms with Crippen LogP contribution in [0.2, 0.25) is 0 Å². The number of carbonyl (C=O) groups excluding carboxylic acids is 4. The second-order valence-electron chi connectivity index (χ2n) is 6.78. The highest BCUT2D eigenvalue weighted by atomic mass is 16.5. The second kappa shape index (κ2) is 9.60. The number of benzene rings is 2. The van der Waals surface area contributed by atoms with Gasteiger partial charge in [-0.15, -0.1) is 0 Å². The fraction of sp³-hybridized carbons (Fsp3) is 0.273. The molecule has 0 spiro atoms. The fourth-order valence-electron chi connectivity index (χ4n) is 2.29. The van der Waals surface area contributed by atoms with Crippen LogP contribution in [0, 0.1) is 5.92 Å². The van der Waals surface area contributed by atoms with E-state index in [9.17, 15) is 19.2 Å². The predicted octanol–water partition coefficient (Wildman–Crippen LogP) is 3.07. The summed E-state index contributed by atoms with van der Waals surface area (Å²) >= 11 is 0. The maximum atomic E-state index is 12.3. The SMILES string of the molecule is CC(C)C(C)NC(=O)COC(=O)c1ccc(C(=O)C(=O)c2ccccc2)cc1. The predicted molar refractivity (Wildman–Crippen MR) is 104 cm³/mol. The van der Waals surface area contributed by atoms with Crippen molar-refractivity contribution in [2.24, 2.45) is 5.92 Å². The molecule has 2 aromatic carbocycles. The Balaban J connectivity index is 1.94. The highest BCUT2D eigenvalue weighted by molar-refractivity contribution is 6.49. The summed E-state index contributed by atoms with van der Waals surface area (Å²) < 4.78 is 4.98. The molecule has 28 heavy (non-hydrogen) atoms. The number of nitrogens with one attached hydrogen (secondary N) is 1. The van der Waals surface area contributed by atoms with Crippen molar-refractivity contribution in [3.8, 4) is 0 Å². The lowest BCUT2D eigenvalue weighted by atomic mass is 10.0. The van der Waals surface area contributed by atoms with Gasteiger partial charge in [-0.2, -0.15) is 0 Å². The van der Waals surface area contributed by atoms with Gasteiger partial charge in [-0.05, 0) is 25.0 Å². The lowest BCUT2D eigenvalue weighted by Crippen LogP contribution is -2.38. The van der Waals surface area contributed by atoms with Gasteiger partial charge in [-0.25, -0.2) is 4.79 Å². The van der Waals surface area contributed by atoms with Crippen LogP contribution in [0.15, 0.2) is 54.6 Å². The number of hydrogen-bond donors (Lipinski definition) is 1. The maximum absolute atomic E-state index is 12.3. The summed E-state index contributed by atoms with van der Waals surface area (Å²) in [5.41, 5.74) is 0.667. The molecule has 0 fully saturated rings. The van der Waals surface area contributed by atoms with Crippen molar-refractivity contribution in [1.82, 2.24) is 5.32 Å². The first kappa shape index (κ1) is 21.0. The summed E-state index contributed by atoms with van der Waals surface area (Å²) in [7, 11) is 0. The van der Waals surface area contributed by atoms with E-state index in [0.717, 1.165) is 0 Å². The molecule has 0 aliphatic heterocycles. The molecule has 0 heterocycles. The van der Waals surface area contributed by atoms with E-state index in [1.54, 1.807) is 30.3 Å². The minimum absolute atomic E-state index is 0.0290. The van der Waals surface area contributed by atoms with Crippen LogP contribution in [-0.4, -0.2) is 36.1 Å². The van der Waals surface area contributed by atoms with E-state index in [0.29, 0.717) is 5.56 Å². The fourth-order valence-corrected chi connectivity index (χ4v) is 2.29. The molecule has 6 nitrogen and oxygen atoms in total. The van der Waals surface area contributed by atoms with E-state index < -0.39 is 17.5 Å². The molecule has 0 saturated heterocycles. The van der Waals surface area contributed by atoms with Crippen LogP contribution >= 0.6 is 0 Å². The first-order valence-electron chi connectivity index (χ1n) is 9.00. The van der Waals surface area contributed by atoms with E-state index >= 15 is 0 Å². The van der Waals surface area contributed by atoms with Crippen molar-refractivity contribution in [3.05, 3.63) is 71.3 Å². The minimum atomic E-state index is -0.680. The molecule has 0 aliphatic carbocycles. The smallest absolute Gasteiger partial charge is 0.338 e. The molecule has 6 heteroatoms. The van der Waals surface area contributed by atoms with Crippen LogP contribution in [0.25, 0.3) is 0 Å². The number of Topliss-reactive ketones (excluding diaryl/α,β-unsaturated/α-hetero) is 2. The number of ketones is 2. The van der Waals surface area contributed by atoms with Gasteiger partial charge >= 0.3 is 5.97 Å². The van der Waals surface area contributed by atoms with Gasteiger partial charge in [0.1, 0.15) is 0 Å². The number of carbonyl (C=O) groups is 4. The highest BCUT2D eigenvalue weighted by Gasteiger charge is 2.19. The molecule has 0 aromatic heterocycles. The third-order valence-electron chi connectivity index (χ3n) is 4.35. The Bertz CT molecular complexity index is 856. The number of amides is 1. The monoisotopic (exact) mass is 381 g/mol. The molecule has 2 aromatic rings. The summed E-state index contributed by atoms with van der Waals surface area (Å²) in [5, 5.41) is 2.74. The Morgan fingerprint density at radius 3 is 1.82 bits per heavy atom. The van der Waals surface area contributed by atoms with Gasteiger partial charge in [0, 0.05) is 17.2 Å². The first-order valence-corrected chi connectivity index (χ1v) is 9.00. The van der Waals surface area contributed by atoms with Gasteiger partial charge in [0.2, 0.25) is 11.6 Å². The molecule has 0 aliphatic rings. The zero-order chi connectivity index (χ0) is 20.7. The summed E-state index contributed by atoms with van der Waals surface area (Å²) in [5.74, 6) is -2.07. The van der Waals surface area contributed by atoms with Crippen LogP contribution in [0.5, 0.6) is 0 Å². The normalized spacial score (nSPS) is 11.6. The van der Waals surface area contributed by atoms with E-state index in [1.807, 2.05) is 20.8 Å². The van der Waals surface area contributed by atoms with Crippen LogP contribution < -0.4 is 5.32 Å². The van der Waals surface area contributed by atoms with Crippen molar-refractivity contribution < 1.29 is 23.9 Å². The first-order chi connectivity index (χ1) is 13.3. The largest absolute Gasteiger partial charge is 0.452 e. The van der Waals surface area contributed by atoms with Crippen molar-refractivity contribution in [2.45, 2.75) is 26.8 Å². The molecule has 1 unspecified atom stereocenters. The number of hydrogen-bond acceptors (Lipinski definition) is 5. The minimum Gasteiger partial charge on any atom is -0.452 e. The summed E-state index contributed by atoms with van der Waals surface area (Å²) in [4.78, 5) is 48.3. The molecule has 0 radical (unpaired) electrons. The van der Waals surface area contributed by atoms with E-state index in [-0.39, 0.29) is 35.6 Å². The third kappa shape index (κ3) is 5.61. The molecule has 0 saturated carbocycles. The van der Waals surface area contributed by atoms with Crippen LogP contribution in [0.3, 0.4) is 0 Å². The Morgan fingerprint density at radius 1 is 0.786 bits per heavy atom. The Morgan fingerprint density at radius 2 is 1.29 bits per heavy atom. The van der Waals surface area contributed by atoms with Gasteiger partial charge in [-0.3, -0.25) is 14.4 Å². The number of ether oxygens (including phenoxy) is 1. The number of esters is 1. The standard InChI is InChI=1S/C22H23NO5/c1-14(2)15(3)23-19(24)13-28-22(27)18-11-9-17(10-12-18)21(26)20(25)16-7-5-4-6-8-16/h4-12,14-15H,13H2,1-3H3,(H,23,24). The Hall–Kier alpha value is -3.28. The van der Waals surface area contributed by atoms with Crippen molar-refractivity contribution in [2.75, 3.05) is 6.61 Å². The molecule has 146 valence electrons. The lowest BCUT2D eigenvalue weighted by Gasteiger charge is -2.17. The van der Waals surface area contributed by atoms with Crippen LogP contribution in [0.4, 0.5) is 0 Å². The van der Waals surface area contributed by atoms with Gasteiger partial charge in [0.15, 0.2) is 6.61 Å². The molecule has 1 atom stereocenters. The Kier molecular flexibility index (Phi) is 7.21. The lowest BCUT2D eigenvalue weighted by molar-refractivity contribution is -0.125. The highest BCUT2D eigenvalue weighted by Crippen LogP contribution is 2.11. The quantitative estimate of drug-likeness (QED) is 0.431. The van der Waals surface area contributed by atoms with Crippen molar-refractivity contribution in [3.63, 3.8) is 0 Å². The average molecular weight is 381 g/mol. The molecule has 1 amide bonds. The summed E-state index contributed by atoms with van der Waals surface area (Å²) in [6.07, 6.45) is 0. The topological polar surface area (TPSA) is 89.5 Å². The zero-order valence-corrected chi connectivity index (χ0v) is 16.1. The molecule has 0 bridgehead atoms.